The van der Waals surface area contributed by atoms with Crippen LogP contribution >= 0.6 is 0 Å². The number of hydrogen-bond donors (Lipinski definition) is 2. The average Bonchev–Trinajstić information content (AvgIpc) is 2.68. The van der Waals surface area contributed by atoms with Crippen molar-refractivity contribution in [2.24, 2.45) is 5.73 Å². The van der Waals surface area contributed by atoms with E-state index in [0.29, 0.717) is 5.75 Å². The molecule has 0 aliphatic carbocycles. The van der Waals surface area contributed by atoms with Crippen molar-refractivity contribution in [3.63, 3.8) is 0 Å². The van der Waals surface area contributed by atoms with Crippen LogP contribution in [-0.2, 0) is 17.6 Å². The highest BCUT2D eigenvalue weighted by Gasteiger charge is 2.24. The van der Waals surface area contributed by atoms with E-state index in [1.807, 2.05) is 13.0 Å². The highest BCUT2D eigenvalue weighted by atomic mass is 16.5. The zero-order valence-electron chi connectivity index (χ0n) is 10.5. The summed E-state index contributed by atoms with van der Waals surface area (Å²) < 4.78 is 10.9. The Hall–Kier alpha value is -1.75. The van der Waals surface area contributed by atoms with Gasteiger partial charge < -0.3 is 20.3 Å². The van der Waals surface area contributed by atoms with E-state index in [2.05, 4.69) is 0 Å². The Labute approximate surface area is 106 Å². The lowest BCUT2D eigenvalue weighted by Gasteiger charge is -2.12. The van der Waals surface area contributed by atoms with Gasteiger partial charge in [-0.3, -0.25) is 4.79 Å². The van der Waals surface area contributed by atoms with Crippen LogP contribution in [0.1, 0.15) is 18.1 Å². The van der Waals surface area contributed by atoms with Gasteiger partial charge in [-0.2, -0.15) is 0 Å². The topological polar surface area (TPSA) is 81.8 Å². The highest BCUT2D eigenvalue weighted by molar-refractivity contribution is 5.73. The SMILES string of the molecule is COc1cc(CC(N)C(=O)O)cc2c1OC(C)C2. The molecule has 5 nitrogen and oxygen atoms in total. The fourth-order valence-corrected chi connectivity index (χ4v) is 2.17. The molecule has 3 N–H and O–H groups in total. The Balaban J connectivity index is 2.29. The van der Waals surface area contributed by atoms with Gasteiger partial charge in [-0.15, -0.1) is 0 Å². The minimum Gasteiger partial charge on any atom is -0.493 e. The maximum atomic E-state index is 10.8. The molecule has 0 fully saturated rings. The number of rotatable bonds is 4. The molecule has 1 aliphatic rings. The van der Waals surface area contributed by atoms with Crippen LogP contribution in [0.3, 0.4) is 0 Å². The molecule has 1 aliphatic heterocycles. The van der Waals surface area contributed by atoms with E-state index < -0.39 is 12.0 Å². The smallest absolute Gasteiger partial charge is 0.320 e. The van der Waals surface area contributed by atoms with Gasteiger partial charge in [0.05, 0.1) is 7.11 Å². The molecule has 1 aromatic rings. The minimum absolute atomic E-state index is 0.122. The van der Waals surface area contributed by atoms with Crippen molar-refractivity contribution in [3.8, 4) is 11.5 Å². The summed E-state index contributed by atoms with van der Waals surface area (Å²) in [5, 5.41) is 8.82. The van der Waals surface area contributed by atoms with Crippen molar-refractivity contribution in [2.75, 3.05) is 7.11 Å². The predicted octanol–water partition coefficient (Wildman–Crippen LogP) is 0.973. The van der Waals surface area contributed by atoms with Crippen LogP contribution in [-0.4, -0.2) is 30.3 Å². The first-order valence-electron chi connectivity index (χ1n) is 5.86. The summed E-state index contributed by atoms with van der Waals surface area (Å²) in [5.74, 6) is 0.404. The number of methoxy groups -OCH3 is 1. The largest absolute Gasteiger partial charge is 0.493 e. The van der Waals surface area contributed by atoms with Crippen LogP contribution < -0.4 is 15.2 Å². The number of carboxylic acid groups (broad SMARTS) is 1. The molecule has 0 radical (unpaired) electrons. The third-order valence-corrected chi connectivity index (χ3v) is 3.01. The summed E-state index contributed by atoms with van der Waals surface area (Å²) in [6, 6.07) is 2.84. The zero-order valence-corrected chi connectivity index (χ0v) is 10.5. The Morgan fingerprint density at radius 2 is 2.39 bits per heavy atom. The van der Waals surface area contributed by atoms with E-state index in [9.17, 15) is 4.79 Å². The van der Waals surface area contributed by atoms with Crippen LogP contribution in [0.15, 0.2) is 12.1 Å². The molecular formula is C13H17NO4. The molecule has 5 heteroatoms. The van der Waals surface area contributed by atoms with E-state index in [-0.39, 0.29) is 12.5 Å². The number of fused-ring (bicyclic) bond motifs is 1. The second-order valence-electron chi connectivity index (χ2n) is 4.57. The molecule has 2 unspecified atom stereocenters. The first-order valence-corrected chi connectivity index (χ1v) is 5.86. The van der Waals surface area contributed by atoms with Gasteiger partial charge in [0.15, 0.2) is 11.5 Å². The van der Waals surface area contributed by atoms with E-state index in [1.165, 1.54) is 0 Å². The summed E-state index contributed by atoms with van der Waals surface area (Å²) in [4.78, 5) is 10.8. The fourth-order valence-electron chi connectivity index (χ4n) is 2.17. The van der Waals surface area contributed by atoms with Gasteiger partial charge >= 0.3 is 5.97 Å². The zero-order chi connectivity index (χ0) is 13.3. The van der Waals surface area contributed by atoms with Gasteiger partial charge in [0.25, 0.3) is 0 Å². The minimum atomic E-state index is -1.00. The highest BCUT2D eigenvalue weighted by Crippen LogP contribution is 2.39. The first kappa shape index (κ1) is 12.7. The number of benzene rings is 1. The number of carbonyl (C=O) groups is 1. The molecule has 18 heavy (non-hydrogen) atoms. The Morgan fingerprint density at radius 1 is 1.67 bits per heavy atom. The summed E-state index contributed by atoms with van der Waals surface area (Å²) in [6.45, 7) is 1.99. The Kier molecular flexibility index (Phi) is 3.43. The number of nitrogens with two attached hydrogens (primary N) is 1. The summed E-state index contributed by atoms with van der Waals surface area (Å²) in [5.41, 5.74) is 7.45. The number of hydrogen-bond acceptors (Lipinski definition) is 4. The lowest BCUT2D eigenvalue weighted by Crippen LogP contribution is -2.32. The van der Waals surface area contributed by atoms with Gasteiger partial charge in [0.1, 0.15) is 12.1 Å². The maximum absolute atomic E-state index is 10.8. The van der Waals surface area contributed by atoms with Gasteiger partial charge in [-0.1, -0.05) is 6.07 Å². The standard InChI is InChI=1S/C13H17NO4/c1-7-3-9-4-8(5-10(14)13(15)16)6-11(17-2)12(9)18-7/h4,6-7,10H,3,5,14H2,1-2H3,(H,15,16). The summed E-state index contributed by atoms with van der Waals surface area (Å²) >= 11 is 0. The second-order valence-corrected chi connectivity index (χ2v) is 4.57. The number of carboxylic acids is 1. The van der Waals surface area contributed by atoms with Crippen molar-refractivity contribution >= 4 is 5.97 Å². The van der Waals surface area contributed by atoms with Crippen molar-refractivity contribution in [3.05, 3.63) is 23.3 Å². The molecule has 1 aromatic carbocycles. The van der Waals surface area contributed by atoms with Crippen LogP contribution in [0.4, 0.5) is 0 Å². The van der Waals surface area contributed by atoms with Crippen LogP contribution in [0.2, 0.25) is 0 Å². The van der Waals surface area contributed by atoms with E-state index >= 15 is 0 Å². The Morgan fingerprint density at radius 3 is 3.00 bits per heavy atom. The van der Waals surface area contributed by atoms with Crippen molar-refractivity contribution in [1.82, 2.24) is 0 Å². The van der Waals surface area contributed by atoms with Gasteiger partial charge in [0.2, 0.25) is 0 Å². The molecule has 0 saturated carbocycles. The predicted molar refractivity (Wildman–Crippen MR) is 66.1 cm³/mol. The van der Waals surface area contributed by atoms with Crippen molar-refractivity contribution in [2.45, 2.75) is 31.9 Å². The molecular weight excluding hydrogens is 234 g/mol. The molecule has 0 aromatic heterocycles. The quantitative estimate of drug-likeness (QED) is 0.833. The molecule has 98 valence electrons. The van der Waals surface area contributed by atoms with Crippen molar-refractivity contribution < 1.29 is 19.4 Å². The van der Waals surface area contributed by atoms with Crippen molar-refractivity contribution in [1.29, 1.82) is 0 Å². The van der Waals surface area contributed by atoms with E-state index in [0.717, 1.165) is 23.3 Å². The lowest BCUT2D eigenvalue weighted by atomic mass is 10.0. The number of aliphatic carboxylic acids is 1. The van der Waals surface area contributed by atoms with Crippen LogP contribution in [0, 0.1) is 0 Å². The molecule has 2 rings (SSSR count). The van der Waals surface area contributed by atoms with Gasteiger partial charge in [0, 0.05) is 12.0 Å². The molecule has 2 atom stereocenters. The van der Waals surface area contributed by atoms with Crippen LogP contribution in [0.25, 0.3) is 0 Å². The monoisotopic (exact) mass is 251 g/mol. The first-order chi connectivity index (χ1) is 8.51. The summed E-state index contributed by atoms with van der Waals surface area (Å²) in [6.07, 6.45) is 1.21. The number of ether oxygens (including phenoxy) is 2. The molecule has 0 saturated heterocycles. The third-order valence-electron chi connectivity index (χ3n) is 3.01. The fraction of sp³-hybridized carbons (Fsp3) is 0.462. The molecule has 0 bridgehead atoms. The molecule has 0 spiro atoms. The van der Waals surface area contributed by atoms with Gasteiger partial charge in [-0.05, 0) is 25.0 Å². The Bertz CT molecular complexity index is 472. The average molecular weight is 251 g/mol. The second kappa shape index (κ2) is 4.86. The third kappa shape index (κ3) is 2.41. The van der Waals surface area contributed by atoms with Crippen LogP contribution in [0.5, 0.6) is 11.5 Å². The maximum Gasteiger partial charge on any atom is 0.320 e. The van der Waals surface area contributed by atoms with E-state index in [1.54, 1.807) is 13.2 Å². The molecule has 0 amide bonds. The van der Waals surface area contributed by atoms with Gasteiger partial charge in [-0.25, -0.2) is 0 Å². The summed E-state index contributed by atoms with van der Waals surface area (Å²) in [7, 11) is 1.57. The lowest BCUT2D eigenvalue weighted by molar-refractivity contribution is -0.138. The normalized spacial score (nSPS) is 18.9. The van der Waals surface area contributed by atoms with E-state index in [4.69, 9.17) is 20.3 Å². The molecule has 1 heterocycles.